The Labute approximate surface area is 179 Å². The molecule has 0 fully saturated rings. The van der Waals surface area contributed by atoms with Crippen molar-refractivity contribution in [2.24, 2.45) is 0 Å². The largest absolute Gasteiger partial charge is 0.398 e. The number of nitrogens with zero attached hydrogens (tertiary/aromatic N) is 3. The minimum atomic E-state index is -4.53. The van der Waals surface area contributed by atoms with Crippen molar-refractivity contribution in [3.63, 3.8) is 0 Å². The van der Waals surface area contributed by atoms with E-state index in [1.54, 1.807) is 0 Å². The second-order valence-corrected chi connectivity index (χ2v) is 9.06. The molecule has 31 heavy (non-hydrogen) atoms. The quantitative estimate of drug-likeness (QED) is 0.250. The van der Waals surface area contributed by atoms with Gasteiger partial charge in [0.15, 0.2) is 0 Å². The van der Waals surface area contributed by atoms with Crippen LogP contribution >= 0.6 is 11.6 Å². The molecule has 0 bridgehead atoms. The summed E-state index contributed by atoms with van der Waals surface area (Å²) in [6, 6.07) is 6.62. The number of hydrogen-bond donors (Lipinski definition) is 5. The average molecular weight is 491 g/mol. The van der Waals surface area contributed by atoms with Crippen molar-refractivity contribution in [1.29, 1.82) is 0 Å². The maximum absolute atomic E-state index is 13.9. The molecule has 3 rings (SSSR count). The highest BCUT2D eigenvalue weighted by atomic mass is 35.5. The topological polar surface area (TPSA) is 197 Å². The molecule has 0 aliphatic rings. The van der Waals surface area contributed by atoms with Crippen LogP contribution in [0.1, 0.15) is 0 Å². The van der Waals surface area contributed by atoms with E-state index in [-0.39, 0.29) is 34.0 Å². The van der Waals surface area contributed by atoms with Gasteiger partial charge in [0.2, 0.25) is 11.9 Å². The summed E-state index contributed by atoms with van der Waals surface area (Å²) in [5.74, 6) is -0.692. The third-order valence-corrected chi connectivity index (χ3v) is 5.74. The zero-order valence-electron chi connectivity index (χ0n) is 15.0. The third-order valence-electron chi connectivity index (χ3n) is 3.63. The molecule has 0 radical (unpaired) electrons. The lowest BCUT2D eigenvalue weighted by Crippen LogP contribution is -2.08. The summed E-state index contributed by atoms with van der Waals surface area (Å²) >= 11 is 5.97. The van der Waals surface area contributed by atoms with Crippen LogP contribution in [-0.2, 0) is 20.2 Å². The van der Waals surface area contributed by atoms with E-state index in [0.717, 1.165) is 24.3 Å². The summed E-state index contributed by atoms with van der Waals surface area (Å²) in [7, 11) is -9.05. The monoisotopic (exact) mass is 490 g/mol. The third kappa shape index (κ3) is 5.53. The first-order valence-corrected chi connectivity index (χ1v) is 11.2. The highest BCUT2D eigenvalue weighted by Gasteiger charge is 2.16. The van der Waals surface area contributed by atoms with Crippen LogP contribution in [0.15, 0.2) is 46.2 Å². The highest BCUT2D eigenvalue weighted by Crippen LogP contribution is 2.28. The number of nitrogens with one attached hydrogen (secondary N) is 2. The summed E-state index contributed by atoms with van der Waals surface area (Å²) < 4.78 is 77.0. The SMILES string of the molecule is Nc1cc(Nc2nc(F)nc(Nc3cc(S(=O)(=O)O)ccc3Cl)n2)ccc1S(=O)(=O)O. The number of halogens is 2. The molecule has 1 heterocycles. The van der Waals surface area contributed by atoms with Crippen molar-refractivity contribution in [1.82, 2.24) is 15.0 Å². The zero-order chi connectivity index (χ0) is 23.0. The van der Waals surface area contributed by atoms with E-state index in [1.165, 1.54) is 12.1 Å². The van der Waals surface area contributed by atoms with E-state index in [9.17, 15) is 21.2 Å². The van der Waals surface area contributed by atoms with Gasteiger partial charge in [-0.15, -0.1) is 0 Å². The second-order valence-electron chi connectivity index (χ2n) is 5.85. The number of benzene rings is 2. The van der Waals surface area contributed by atoms with Gasteiger partial charge in [0.25, 0.3) is 20.2 Å². The lowest BCUT2D eigenvalue weighted by molar-refractivity contribution is 0.481. The summed E-state index contributed by atoms with van der Waals surface area (Å²) in [4.78, 5) is 9.76. The van der Waals surface area contributed by atoms with E-state index in [0.29, 0.717) is 0 Å². The molecule has 164 valence electrons. The van der Waals surface area contributed by atoms with Crippen LogP contribution in [0.2, 0.25) is 5.02 Å². The maximum atomic E-state index is 13.9. The summed E-state index contributed by atoms with van der Waals surface area (Å²) in [5, 5.41) is 5.10. The van der Waals surface area contributed by atoms with E-state index in [4.69, 9.17) is 26.4 Å². The molecular weight excluding hydrogens is 479 g/mol. The van der Waals surface area contributed by atoms with E-state index in [1.807, 2.05) is 0 Å². The van der Waals surface area contributed by atoms with Gasteiger partial charge in [0.05, 0.1) is 21.3 Å². The Balaban J connectivity index is 1.91. The maximum Gasteiger partial charge on any atom is 0.315 e. The van der Waals surface area contributed by atoms with E-state index < -0.39 is 36.1 Å². The van der Waals surface area contributed by atoms with Gasteiger partial charge in [0, 0.05) is 5.69 Å². The minimum absolute atomic E-state index is 0.0244. The molecule has 0 spiro atoms. The van der Waals surface area contributed by atoms with Crippen LogP contribution < -0.4 is 16.4 Å². The molecule has 0 aliphatic carbocycles. The Morgan fingerprint density at radius 3 is 2.13 bits per heavy atom. The van der Waals surface area contributed by atoms with Crippen molar-refractivity contribution in [2.45, 2.75) is 9.79 Å². The van der Waals surface area contributed by atoms with E-state index in [2.05, 4.69) is 25.6 Å². The predicted molar refractivity (Wildman–Crippen MR) is 108 cm³/mol. The first-order valence-electron chi connectivity index (χ1n) is 7.92. The van der Waals surface area contributed by atoms with Crippen LogP contribution in [0.5, 0.6) is 0 Å². The molecule has 12 nitrogen and oxygen atoms in total. The van der Waals surface area contributed by atoms with Crippen molar-refractivity contribution in [2.75, 3.05) is 16.4 Å². The Morgan fingerprint density at radius 2 is 1.55 bits per heavy atom. The minimum Gasteiger partial charge on any atom is -0.398 e. The average Bonchev–Trinajstić information content (AvgIpc) is 2.61. The number of nitrogen functional groups attached to an aromatic ring is 1. The number of hydrogen-bond acceptors (Lipinski definition) is 10. The van der Waals surface area contributed by atoms with Crippen molar-refractivity contribution in [3.8, 4) is 0 Å². The molecule has 1 aromatic heterocycles. The first kappa shape index (κ1) is 22.6. The molecule has 3 aromatic rings. The number of anilines is 5. The van der Waals surface area contributed by atoms with Gasteiger partial charge in [-0.05, 0) is 36.4 Å². The smallest absolute Gasteiger partial charge is 0.315 e. The van der Waals surface area contributed by atoms with Crippen LogP contribution in [-0.4, -0.2) is 40.9 Å². The molecule has 0 unspecified atom stereocenters. The van der Waals surface area contributed by atoms with Crippen LogP contribution in [0.3, 0.4) is 0 Å². The first-order chi connectivity index (χ1) is 14.3. The van der Waals surface area contributed by atoms with Gasteiger partial charge < -0.3 is 16.4 Å². The van der Waals surface area contributed by atoms with Crippen LogP contribution in [0.4, 0.5) is 33.3 Å². The summed E-state index contributed by atoms with van der Waals surface area (Å²) in [5.41, 5.74) is 5.42. The van der Waals surface area contributed by atoms with Gasteiger partial charge in [-0.2, -0.15) is 36.2 Å². The Bertz CT molecular complexity index is 1390. The Kier molecular flexibility index (Phi) is 5.97. The highest BCUT2D eigenvalue weighted by molar-refractivity contribution is 7.86. The summed E-state index contributed by atoms with van der Waals surface area (Å²) in [6.45, 7) is 0. The van der Waals surface area contributed by atoms with Crippen LogP contribution in [0.25, 0.3) is 0 Å². The lowest BCUT2D eigenvalue weighted by Gasteiger charge is -2.11. The predicted octanol–water partition coefficient (Wildman–Crippen LogP) is 2.23. The number of nitrogens with two attached hydrogens (primary N) is 1. The Hall–Kier alpha value is -3.11. The lowest BCUT2D eigenvalue weighted by atomic mass is 10.3. The molecule has 2 aromatic carbocycles. The number of rotatable bonds is 6. The summed E-state index contributed by atoms with van der Waals surface area (Å²) in [6.07, 6.45) is -1.22. The Morgan fingerprint density at radius 1 is 0.903 bits per heavy atom. The molecule has 16 heteroatoms. The molecule has 0 saturated carbocycles. The van der Waals surface area contributed by atoms with Crippen molar-refractivity contribution < 1.29 is 30.3 Å². The van der Waals surface area contributed by atoms with Crippen molar-refractivity contribution in [3.05, 3.63) is 47.5 Å². The molecule has 6 N–H and O–H groups in total. The molecular formula is C15H12ClFN6O6S2. The standard InChI is InChI=1S/C15H12ClFN6O6S2/c16-9-3-2-8(30(24,25)26)6-11(9)20-15-22-13(17)21-14(23-15)19-7-1-4-12(10(18)5-7)31(27,28)29/h1-6H,18H2,(H,24,25,26)(H,27,28,29)(H2,19,20,21,22,23). The fraction of sp³-hybridized carbons (Fsp3) is 0. The van der Waals surface area contributed by atoms with Gasteiger partial charge in [-0.25, -0.2) is 0 Å². The zero-order valence-corrected chi connectivity index (χ0v) is 17.4. The van der Waals surface area contributed by atoms with Crippen LogP contribution in [0, 0.1) is 6.08 Å². The second kappa shape index (κ2) is 8.20. The number of aromatic nitrogens is 3. The fourth-order valence-electron chi connectivity index (χ4n) is 2.33. The molecule has 0 amide bonds. The van der Waals surface area contributed by atoms with Crippen molar-refractivity contribution >= 4 is 60.8 Å². The molecule has 0 saturated heterocycles. The molecule has 0 atom stereocenters. The van der Waals surface area contributed by atoms with E-state index >= 15 is 0 Å². The van der Waals surface area contributed by atoms with Gasteiger partial charge in [-0.1, -0.05) is 11.6 Å². The van der Waals surface area contributed by atoms with Gasteiger partial charge >= 0.3 is 6.08 Å². The molecule has 0 aliphatic heterocycles. The van der Waals surface area contributed by atoms with Gasteiger partial charge in [0.1, 0.15) is 4.90 Å². The normalized spacial score (nSPS) is 11.9. The van der Waals surface area contributed by atoms with Gasteiger partial charge in [-0.3, -0.25) is 9.11 Å². The fourth-order valence-corrected chi connectivity index (χ4v) is 3.60.